The lowest BCUT2D eigenvalue weighted by Crippen LogP contribution is -2.29. The van der Waals surface area contributed by atoms with E-state index in [1.54, 1.807) is 0 Å². The number of aliphatic hydroxyl groups excluding tert-OH is 1. The van der Waals surface area contributed by atoms with Gasteiger partial charge in [0.2, 0.25) is 0 Å². The molecule has 0 aliphatic heterocycles. The third kappa shape index (κ3) is 1.03. The van der Waals surface area contributed by atoms with Crippen LogP contribution < -0.4 is 0 Å². The average molecular weight is 166 g/mol. The van der Waals surface area contributed by atoms with E-state index in [2.05, 4.69) is 26.0 Å². The number of hydrogen-bond donors (Lipinski definition) is 1. The van der Waals surface area contributed by atoms with Crippen LogP contribution in [0.5, 0.6) is 0 Å². The maximum Gasteiger partial charge on any atom is 0.0574 e. The van der Waals surface area contributed by atoms with Crippen molar-refractivity contribution in [2.75, 3.05) is 0 Å². The highest BCUT2D eigenvalue weighted by Gasteiger charge is 2.44. The van der Waals surface area contributed by atoms with E-state index in [0.29, 0.717) is 17.8 Å². The van der Waals surface area contributed by atoms with Gasteiger partial charge in [-0.15, -0.1) is 0 Å². The third-order valence-electron chi connectivity index (χ3n) is 3.79. The molecule has 5 atom stereocenters. The highest BCUT2D eigenvalue weighted by Crippen LogP contribution is 2.49. The molecule has 5 unspecified atom stereocenters. The van der Waals surface area contributed by atoms with Crippen LogP contribution in [0.25, 0.3) is 0 Å². The summed E-state index contributed by atoms with van der Waals surface area (Å²) >= 11 is 0. The van der Waals surface area contributed by atoms with Gasteiger partial charge in [0.15, 0.2) is 0 Å². The second kappa shape index (κ2) is 2.88. The molecular formula is C11H18O. The molecule has 68 valence electrons. The van der Waals surface area contributed by atoms with Gasteiger partial charge in [0.25, 0.3) is 0 Å². The van der Waals surface area contributed by atoms with E-state index in [-0.39, 0.29) is 6.10 Å². The van der Waals surface area contributed by atoms with Crippen LogP contribution in [0.4, 0.5) is 0 Å². The van der Waals surface area contributed by atoms with E-state index in [0.717, 1.165) is 12.3 Å². The van der Waals surface area contributed by atoms with Crippen molar-refractivity contribution in [1.29, 1.82) is 0 Å². The standard InChI is InChI=1S/C11H18O/c1-3-10(12)11-7(2)8-4-5-9(11)6-8/h4-5,7-12H,3,6H2,1-2H3. The molecule has 0 aromatic carbocycles. The van der Waals surface area contributed by atoms with Gasteiger partial charge in [-0.1, -0.05) is 26.0 Å². The molecule has 0 heterocycles. The molecule has 2 aliphatic carbocycles. The predicted molar refractivity (Wildman–Crippen MR) is 49.7 cm³/mol. The smallest absolute Gasteiger partial charge is 0.0574 e. The molecule has 0 radical (unpaired) electrons. The van der Waals surface area contributed by atoms with Crippen LogP contribution in [-0.4, -0.2) is 11.2 Å². The molecule has 0 aromatic heterocycles. The van der Waals surface area contributed by atoms with Gasteiger partial charge < -0.3 is 5.11 Å². The van der Waals surface area contributed by atoms with Crippen molar-refractivity contribution in [1.82, 2.24) is 0 Å². The summed E-state index contributed by atoms with van der Waals surface area (Å²) in [6, 6.07) is 0. The number of fused-ring (bicyclic) bond motifs is 2. The first-order valence-electron chi connectivity index (χ1n) is 5.10. The number of allylic oxidation sites excluding steroid dienone is 2. The molecule has 0 spiro atoms. The average Bonchev–Trinajstić information content (AvgIpc) is 2.63. The van der Waals surface area contributed by atoms with E-state index in [4.69, 9.17) is 0 Å². The van der Waals surface area contributed by atoms with Crippen LogP contribution in [-0.2, 0) is 0 Å². The second-order valence-corrected chi connectivity index (χ2v) is 4.36. The summed E-state index contributed by atoms with van der Waals surface area (Å²) in [5.41, 5.74) is 0. The Morgan fingerprint density at radius 3 is 2.58 bits per heavy atom. The van der Waals surface area contributed by atoms with Crippen molar-refractivity contribution in [3.63, 3.8) is 0 Å². The summed E-state index contributed by atoms with van der Waals surface area (Å²) < 4.78 is 0. The summed E-state index contributed by atoms with van der Waals surface area (Å²) in [5.74, 6) is 2.70. The molecule has 2 bridgehead atoms. The van der Waals surface area contributed by atoms with Crippen LogP contribution in [0.3, 0.4) is 0 Å². The predicted octanol–water partition coefficient (Wildman–Crippen LogP) is 2.22. The fourth-order valence-electron chi connectivity index (χ4n) is 3.02. The molecule has 1 heteroatoms. The number of rotatable bonds is 2. The van der Waals surface area contributed by atoms with Crippen molar-refractivity contribution < 1.29 is 5.11 Å². The monoisotopic (exact) mass is 166 g/mol. The van der Waals surface area contributed by atoms with Gasteiger partial charge in [-0.2, -0.15) is 0 Å². The number of hydrogen-bond acceptors (Lipinski definition) is 1. The fourth-order valence-corrected chi connectivity index (χ4v) is 3.02. The SMILES string of the molecule is CCC(O)C1C2C=CC(C2)C1C. The Morgan fingerprint density at radius 2 is 2.08 bits per heavy atom. The van der Waals surface area contributed by atoms with Gasteiger partial charge in [-0.25, -0.2) is 0 Å². The first-order chi connectivity index (χ1) is 5.74. The maximum atomic E-state index is 9.82. The normalized spacial score (nSPS) is 46.9. The first-order valence-corrected chi connectivity index (χ1v) is 5.10. The minimum absolute atomic E-state index is 0.0695. The summed E-state index contributed by atoms with van der Waals surface area (Å²) in [5, 5.41) is 9.82. The van der Waals surface area contributed by atoms with Crippen molar-refractivity contribution in [2.24, 2.45) is 23.7 Å². The Kier molecular flexibility index (Phi) is 1.99. The highest BCUT2D eigenvalue weighted by molar-refractivity contribution is 5.13. The van der Waals surface area contributed by atoms with Crippen LogP contribution in [0.1, 0.15) is 26.7 Å². The van der Waals surface area contributed by atoms with Crippen LogP contribution in [0, 0.1) is 23.7 Å². The Bertz CT molecular complexity index is 197. The Hall–Kier alpha value is -0.300. The molecule has 0 amide bonds. The zero-order valence-electron chi connectivity index (χ0n) is 7.90. The molecule has 2 aliphatic rings. The fraction of sp³-hybridized carbons (Fsp3) is 0.818. The molecule has 1 fully saturated rings. The zero-order chi connectivity index (χ0) is 8.72. The third-order valence-corrected chi connectivity index (χ3v) is 3.79. The minimum atomic E-state index is -0.0695. The molecule has 0 saturated heterocycles. The van der Waals surface area contributed by atoms with Crippen LogP contribution >= 0.6 is 0 Å². The van der Waals surface area contributed by atoms with Gasteiger partial charge in [0, 0.05) is 0 Å². The number of aliphatic hydroxyl groups is 1. The zero-order valence-corrected chi connectivity index (χ0v) is 7.90. The molecule has 1 nitrogen and oxygen atoms in total. The Balaban J connectivity index is 2.12. The summed E-state index contributed by atoms with van der Waals surface area (Å²) in [4.78, 5) is 0. The van der Waals surface area contributed by atoms with Crippen LogP contribution in [0.2, 0.25) is 0 Å². The van der Waals surface area contributed by atoms with Crippen molar-refractivity contribution in [3.05, 3.63) is 12.2 Å². The van der Waals surface area contributed by atoms with E-state index < -0.39 is 0 Å². The van der Waals surface area contributed by atoms with E-state index in [1.807, 2.05) is 0 Å². The quantitative estimate of drug-likeness (QED) is 0.624. The van der Waals surface area contributed by atoms with E-state index in [9.17, 15) is 5.11 Å². The highest BCUT2D eigenvalue weighted by atomic mass is 16.3. The van der Waals surface area contributed by atoms with E-state index >= 15 is 0 Å². The van der Waals surface area contributed by atoms with E-state index in [1.165, 1.54) is 6.42 Å². The molecule has 12 heavy (non-hydrogen) atoms. The molecule has 2 rings (SSSR count). The van der Waals surface area contributed by atoms with Crippen LogP contribution in [0.15, 0.2) is 12.2 Å². The maximum absolute atomic E-state index is 9.82. The van der Waals surface area contributed by atoms with Gasteiger partial charge in [-0.05, 0) is 36.5 Å². The molecule has 1 N–H and O–H groups in total. The summed E-state index contributed by atoms with van der Waals surface area (Å²) in [6.45, 7) is 4.37. The summed E-state index contributed by atoms with van der Waals surface area (Å²) in [6.07, 6.45) is 6.79. The second-order valence-electron chi connectivity index (χ2n) is 4.36. The molecule has 0 aromatic rings. The largest absolute Gasteiger partial charge is 0.393 e. The van der Waals surface area contributed by atoms with Crippen molar-refractivity contribution in [3.8, 4) is 0 Å². The molecule has 1 saturated carbocycles. The van der Waals surface area contributed by atoms with Gasteiger partial charge in [-0.3, -0.25) is 0 Å². The Morgan fingerprint density at radius 1 is 1.42 bits per heavy atom. The topological polar surface area (TPSA) is 20.2 Å². The Labute approximate surface area is 74.5 Å². The lowest BCUT2D eigenvalue weighted by molar-refractivity contribution is 0.0659. The van der Waals surface area contributed by atoms with Crippen molar-refractivity contribution >= 4 is 0 Å². The van der Waals surface area contributed by atoms with Gasteiger partial charge >= 0.3 is 0 Å². The van der Waals surface area contributed by atoms with Gasteiger partial charge in [0.1, 0.15) is 0 Å². The summed E-state index contributed by atoms with van der Waals surface area (Å²) in [7, 11) is 0. The first kappa shape index (κ1) is 8.31. The van der Waals surface area contributed by atoms with Crippen molar-refractivity contribution in [2.45, 2.75) is 32.8 Å². The molecular weight excluding hydrogens is 148 g/mol. The minimum Gasteiger partial charge on any atom is -0.393 e. The van der Waals surface area contributed by atoms with Gasteiger partial charge in [0.05, 0.1) is 6.10 Å². The lowest BCUT2D eigenvalue weighted by atomic mass is 9.80. The lowest BCUT2D eigenvalue weighted by Gasteiger charge is -2.28.